The smallest absolute Gasteiger partial charge is 0.280 e. The van der Waals surface area contributed by atoms with Crippen molar-refractivity contribution in [1.29, 1.82) is 0 Å². The second-order valence-corrected chi connectivity index (χ2v) is 6.51. The zero-order valence-electron chi connectivity index (χ0n) is 14.6. The lowest BCUT2D eigenvalue weighted by Gasteiger charge is -2.10. The minimum Gasteiger partial charge on any atom is -0.318 e. The highest BCUT2D eigenvalue weighted by atomic mass is 35.5. The highest BCUT2D eigenvalue weighted by molar-refractivity contribution is 6.30. The number of nitrogens with one attached hydrogen (secondary N) is 1. The normalized spacial score (nSPS) is 10.8. The van der Waals surface area contributed by atoms with E-state index in [9.17, 15) is 9.18 Å². The molecule has 140 valence electrons. The predicted molar refractivity (Wildman–Crippen MR) is 104 cm³/mol. The van der Waals surface area contributed by atoms with Gasteiger partial charge in [0, 0.05) is 17.4 Å². The number of benzene rings is 2. The van der Waals surface area contributed by atoms with Gasteiger partial charge >= 0.3 is 0 Å². The van der Waals surface area contributed by atoms with E-state index in [0.29, 0.717) is 17.4 Å². The Morgan fingerprint density at radius 3 is 2.46 bits per heavy atom. The standard InChI is InChI=1S/C20H15ClFN5O/c21-15-9-7-14(8-10-15)13-27-20(26-11-3-4-12-26)18(24-25-27)19(28)23-17-6-2-1-5-16(17)22/h1-12H,13H2,(H,23,28). The molecule has 0 unspecified atom stereocenters. The highest BCUT2D eigenvalue weighted by Crippen LogP contribution is 2.19. The molecule has 0 fully saturated rings. The van der Waals surface area contributed by atoms with Gasteiger partial charge in [-0.05, 0) is 42.0 Å². The van der Waals surface area contributed by atoms with Gasteiger partial charge in [-0.1, -0.05) is 41.1 Å². The molecule has 2 heterocycles. The minimum atomic E-state index is -0.545. The lowest BCUT2D eigenvalue weighted by molar-refractivity contribution is 0.102. The van der Waals surface area contributed by atoms with Crippen LogP contribution in [0.3, 0.4) is 0 Å². The van der Waals surface area contributed by atoms with Crippen LogP contribution < -0.4 is 5.32 Å². The second kappa shape index (κ2) is 7.66. The monoisotopic (exact) mass is 395 g/mol. The summed E-state index contributed by atoms with van der Waals surface area (Å²) >= 11 is 5.94. The van der Waals surface area contributed by atoms with Gasteiger partial charge in [-0.3, -0.25) is 4.79 Å². The lowest BCUT2D eigenvalue weighted by Crippen LogP contribution is -2.17. The number of hydrogen-bond acceptors (Lipinski definition) is 3. The van der Waals surface area contributed by atoms with E-state index in [0.717, 1.165) is 5.56 Å². The molecule has 4 rings (SSSR count). The summed E-state index contributed by atoms with van der Waals surface area (Å²) in [5.74, 6) is -0.586. The molecule has 0 bridgehead atoms. The SMILES string of the molecule is O=C(Nc1ccccc1F)c1nnn(Cc2ccc(Cl)cc2)c1-n1cccc1. The van der Waals surface area contributed by atoms with E-state index in [1.54, 1.807) is 45.9 Å². The molecule has 28 heavy (non-hydrogen) atoms. The molecule has 0 atom stereocenters. The van der Waals surface area contributed by atoms with Crippen LogP contribution >= 0.6 is 11.6 Å². The number of para-hydroxylation sites is 1. The zero-order chi connectivity index (χ0) is 19.5. The molecule has 0 saturated carbocycles. The molecule has 0 saturated heterocycles. The first-order valence-electron chi connectivity index (χ1n) is 8.49. The van der Waals surface area contributed by atoms with Crippen molar-refractivity contribution >= 4 is 23.2 Å². The van der Waals surface area contributed by atoms with E-state index in [1.165, 1.54) is 12.1 Å². The van der Waals surface area contributed by atoms with E-state index < -0.39 is 11.7 Å². The average molecular weight is 396 g/mol. The fraction of sp³-hybridized carbons (Fsp3) is 0.0500. The van der Waals surface area contributed by atoms with Crippen LogP contribution in [-0.4, -0.2) is 25.5 Å². The Labute approximate surface area is 165 Å². The number of carbonyl (C=O) groups is 1. The summed E-state index contributed by atoms with van der Waals surface area (Å²) in [6.45, 7) is 0.394. The number of aromatic nitrogens is 4. The van der Waals surface area contributed by atoms with E-state index in [4.69, 9.17) is 11.6 Å². The van der Waals surface area contributed by atoms with Crippen molar-refractivity contribution in [2.75, 3.05) is 5.32 Å². The van der Waals surface area contributed by atoms with Crippen molar-refractivity contribution < 1.29 is 9.18 Å². The van der Waals surface area contributed by atoms with Gasteiger partial charge in [-0.25, -0.2) is 9.07 Å². The molecule has 1 amide bonds. The van der Waals surface area contributed by atoms with Crippen LogP contribution in [0.2, 0.25) is 5.02 Å². The van der Waals surface area contributed by atoms with E-state index in [-0.39, 0.29) is 11.4 Å². The van der Waals surface area contributed by atoms with Gasteiger partial charge in [-0.2, -0.15) is 0 Å². The summed E-state index contributed by atoms with van der Waals surface area (Å²) in [6.07, 6.45) is 3.58. The number of carbonyl (C=O) groups excluding carboxylic acids is 1. The van der Waals surface area contributed by atoms with Gasteiger partial charge < -0.3 is 9.88 Å². The molecule has 4 aromatic rings. The van der Waals surface area contributed by atoms with Crippen molar-refractivity contribution in [2.24, 2.45) is 0 Å². The molecule has 2 aromatic heterocycles. The quantitative estimate of drug-likeness (QED) is 0.551. The number of rotatable bonds is 5. The number of halogens is 2. The Kier molecular flexibility index (Phi) is 4.90. The van der Waals surface area contributed by atoms with Crippen molar-refractivity contribution in [1.82, 2.24) is 19.6 Å². The van der Waals surface area contributed by atoms with Gasteiger partial charge in [0.15, 0.2) is 11.5 Å². The Balaban J connectivity index is 1.69. The van der Waals surface area contributed by atoms with Crippen LogP contribution in [0.5, 0.6) is 0 Å². The number of anilines is 1. The van der Waals surface area contributed by atoms with E-state index >= 15 is 0 Å². The fourth-order valence-corrected chi connectivity index (χ4v) is 2.93. The van der Waals surface area contributed by atoms with Crippen LogP contribution in [-0.2, 0) is 6.54 Å². The molecular formula is C20H15ClFN5O. The fourth-order valence-electron chi connectivity index (χ4n) is 2.80. The van der Waals surface area contributed by atoms with Crippen molar-refractivity contribution in [3.63, 3.8) is 0 Å². The maximum atomic E-state index is 13.9. The summed E-state index contributed by atoms with van der Waals surface area (Å²) in [5, 5.41) is 11.4. The molecule has 0 aliphatic carbocycles. The molecular weight excluding hydrogens is 381 g/mol. The predicted octanol–water partition coefficient (Wildman–Crippen LogP) is 4.16. The third-order valence-corrected chi connectivity index (χ3v) is 4.39. The first kappa shape index (κ1) is 17.9. The van der Waals surface area contributed by atoms with Gasteiger partial charge in [0.25, 0.3) is 5.91 Å². The van der Waals surface area contributed by atoms with Crippen LogP contribution in [0.4, 0.5) is 10.1 Å². The molecule has 0 aliphatic rings. The molecule has 6 nitrogen and oxygen atoms in total. The van der Waals surface area contributed by atoms with Gasteiger partial charge in [0.2, 0.25) is 0 Å². The highest BCUT2D eigenvalue weighted by Gasteiger charge is 2.22. The Morgan fingerprint density at radius 2 is 1.75 bits per heavy atom. The van der Waals surface area contributed by atoms with Crippen molar-refractivity contribution in [2.45, 2.75) is 6.54 Å². The maximum absolute atomic E-state index is 13.9. The molecule has 1 N–H and O–H groups in total. The Morgan fingerprint density at radius 1 is 1.04 bits per heavy atom. The Bertz CT molecular complexity index is 1110. The summed E-state index contributed by atoms with van der Waals surface area (Å²) in [5.41, 5.74) is 1.12. The second-order valence-electron chi connectivity index (χ2n) is 6.07. The average Bonchev–Trinajstić information content (AvgIpc) is 3.35. The number of nitrogens with zero attached hydrogens (tertiary/aromatic N) is 4. The Hall–Kier alpha value is -3.45. The van der Waals surface area contributed by atoms with Crippen LogP contribution in [0.1, 0.15) is 16.1 Å². The van der Waals surface area contributed by atoms with E-state index in [2.05, 4.69) is 15.6 Å². The van der Waals surface area contributed by atoms with Gasteiger partial charge in [0.1, 0.15) is 5.82 Å². The van der Waals surface area contributed by atoms with Gasteiger partial charge in [0.05, 0.1) is 12.2 Å². The molecule has 2 aromatic carbocycles. The largest absolute Gasteiger partial charge is 0.318 e. The van der Waals surface area contributed by atoms with Crippen LogP contribution in [0, 0.1) is 5.82 Å². The van der Waals surface area contributed by atoms with Crippen molar-refractivity contribution in [3.8, 4) is 5.82 Å². The zero-order valence-corrected chi connectivity index (χ0v) is 15.3. The number of amides is 1. The molecule has 0 aliphatic heterocycles. The lowest BCUT2D eigenvalue weighted by atomic mass is 10.2. The molecule has 0 radical (unpaired) electrons. The topological polar surface area (TPSA) is 64.7 Å². The number of hydrogen-bond donors (Lipinski definition) is 1. The summed E-state index contributed by atoms with van der Waals surface area (Å²) < 4.78 is 17.2. The maximum Gasteiger partial charge on any atom is 0.280 e. The van der Waals surface area contributed by atoms with Crippen LogP contribution in [0.25, 0.3) is 5.82 Å². The van der Waals surface area contributed by atoms with Crippen LogP contribution in [0.15, 0.2) is 73.1 Å². The van der Waals surface area contributed by atoms with E-state index in [1.807, 2.05) is 24.3 Å². The summed E-state index contributed by atoms with van der Waals surface area (Å²) in [6, 6.07) is 17.0. The van der Waals surface area contributed by atoms with Crippen molar-refractivity contribution in [3.05, 3.63) is 95.2 Å². The first-order valence-corrected chi connectivity index (χ1v) is 8.87. The molecule has 0 spiro atoms. The third kappa shape index (κ3) is 3.65. The summed E-state index contributed by atoms with van der Waals surface area (Å²) in [4.78, 5) is 12.8. The molecule has 8 heteroatoms. The minimum absolute atomic E-state index is 0.0817. The third-order valence-electron chi connectivity index (χ3n) is 4.14. The van der Waals surface area contributed by atoms with Gasteiger partial charge in [-0.15, -0.1) is 5.10 Å². The first-order chi connectivity index (χ1) is 13.6. The summed E-state index contributed by atoms with van der Waals surface area (Å²) in [7, 11) is 0.